The van der Waals surface area contributed by atoms with Crippen LogP contribution < -0.4 is 0 Å². The SMILES string of the molecule is Cc1cc(C#N)ccc1-c1ccc(F)c2c1CN(C(=O)OC(C)(C)C)CC2. The van der Waals surface area contributed by atoms with E-state index in [0.29, 0.717) is 30.6 Å². The summed E-state index contributed by atoms with van der Waals surface area (Å²) in [6.45, 7) is 8.14. The molecule has 1 aliphatic heterocycles. The maximum absolute atomic E-state index is 14.4. The van der Waals surface area contributed by atoms with Crippen molar-refractivity contribution in [2.24, 2.45) is 0 Å². The lowest BCUT2D eigenvalue weighted by Gasteiger charge is -2.32. The second-order valence-corrected chi connectivity index (χ2v) is 7.85. The molecule has 0 unspecified atom stereocenters. The second-order valence-electron chi connectivity index (χ2n) is 7.85. The van der Waals surface area contributed by atoms with E-state index in [0.717, 1.165) is 22.3 Å². The lowest BCUT2D eigenvalue weighted by atomic mass is 9.88. The molecule has 0 bridgehead atoms. The molecule has 0 aliphatic carbocycles. The first kappa shape index (κ1) is 18.9. The Morgan fingerprint density at radius 3 is 2.52 bits per heavy atom. The number of hydrogen-bond donors (Lipinski definition) is 0. The van der Waals surface area contributed by atoms with E-state index in [1.54, 1.807) is 17.0 Å². The Balaban J connectivity index is 2.01. The quantitative estimate of drug-likeness (QED) is 0.716. The Morgan fingerprint density at radius 2 is 1.89 bits per heavy atom. The van der Waals surface area contributed by atoms with Crippen LogP contribution >= 0.6 is 0 Å². The molecule has 0 aromatic heterocycles. The lowest BCUT2D eigenvalue weighted by molar-refractivity contribution is 0.0223. The molecule has 1 aliphatic rings. The van der Waals surface area contributed by atoms with Gasteiger partial charge in [-0.1, -0.05) is 12.1 Å². The highest BCUT2D eigenvalue weighted by Crippen LogP contribution is 2.34. The third-order valence-corrected chi connectivity index (χ3v) is 4.65. The van der Waals surface area contributed by atoms with Gasteiger partial charge in [0, 0.05) is 13.1 Å². The van der Waals surface area contributed by atoms with Crippen molar-refractivity contribution < 1.29 is 13.9 Å². The fourth-order valence-electron chi connectivity index (χ4n) is 3.40. The van der Waals surface area contributed by atoms with Crippen LogP contribution in [-0.2, 0) is 17.7 Å². The van der Waals surface area contributed by atoms with Crippen molar-refractivity contribution in [1.29, 1.82) is 5.26 Å². The van der Waals surface area contributed by atoms with Crippen molar-refractivity contribution in [1.82, 2.24) is 4.90 Å². The highest BCUT2D eigenvalue weighted by molar-refractivity contribution is 5.75. The van der Waals surface area contributed by atoms with Gasteiger partial charge in [0.05, 0.1) is 11.6 Å². The maximum atomic E-state index is 14.4. The molecule has 0 fully saturated rings. The molecule has 2 aromatic rings. The number of nitriles is 1. The van der Waals surface area contributed by atoms with Crippen LogP contribution in [0.5, 0.6) is 0 Å². The summed E-state index contributed by atoms with van der Waals surface area (Å²) in [4.78, 5) is 14.1. The van der Waals surface area contributed by atoms with Crippen LogP contribution in [0.4, 0.5) is 9.18 Å². The molecule has 27 heavy (non-hydrogen) atoms. The van der Waals surface area contributed by atoms with E-state index in [1.807, 2.05) is 39.8 Å². The molecule has 5 heteroatoms. The number of halogens is 1. The van der Waals surface area contributed by atoms with Gasteiger partial charge in [0.1, 0.15) is 11.4 Å². The van der Waals surface area contributed by atoms with E-state index in [9.17, 15) is 9.18 Å². The van der Waals surface area contributed by atoms with Gasteiger partial charge >= 0.3 is 6.09 Å². The van der Waals surface area contributed by atoms with E-state index >= 15 is 0 Å². The van der Waals surface area contributed by atoms with Crippen LogP contribution in [0.15, 0.2) is 30.3 Å². The van der Waals surface area contributed by atoms with Crippen LogP contribution in [0.25, 0.3) is 11.1 Å². The van der Waals surface area contributed by atoms with E-state index in [1.165, 1.54) is 6.07 Å². The lowest BCUT2D eigenvalue weighted by Crippen LogP contribution is -2.40. The van der Waals surface area contributed by atoms with Gasteiger partial charge in [-0.3, -0.25) is 0 Å². The Hall–Kier alpha value is -2.87. The summed E-state index contributed by atoms with van der Waals surface area (Å²) in [5, 5.41) is 9.08. The van der Waals surface area contributed by atoms with E-state index in [4.69, 9.17) is 10.00 Å². The molecular weight excluding hydrogens is 343 g/mol. The highest BCUT2D eigenvalue weighted by Gasteiger charge is 2.29. The molecule has 1 heterocycles. The first-order chi connectivity index (χ1) is 12.7. The summed E-state index contributed by atoms with van der Waals surface area (Å²) in [7, 11) is 0. The van der Waals surface area contributed by atoms with Gasteiger partial charge in [0.2, 0.25) is 0 Å². The van der Waals surface area contributed by atoms with Gasteiger partial charge < -0.3 is 9.64 Å². The molecule has 2 aromatic carbocycles. The predicted octanol–water partition coefficient (Wildman–Crippen LogP) is 4.97. The fourth-order valence-corrected chi connectivity index (χ4v) is 3.40. The van der Waals surface area contributed by atoms with Gasteiger partial charge in [-0.15, -0.1) is 0 Å². The van der Waals surface area contributed by atoms with Gasteiger partial charge in [-0.05, 0) is 80.1 Å². The third-order valence-electron chi connectivity index (χ3n) is 4.65. The van der Waals surface area contributed by atoms with Crippen molar-refractivity contribution in [3.05, 3.63) is 58.4 Å². The fraction of sp³-hybridized carbons (Fsp3) is 0.364. The summed E-state index contributed by atoms with van der Waals surface area (Å²) in [5.74, 6) is -0.246. The minimum Gasteiger partial charge on any atom is -0.444 e. The van der Waals surface area contributed by atoms with Crippen molar-refractivity contribution in [2.45, 2.75) is 46.3 Å². The summed E-state index contributed by atoms with van der Waals surface area (Å²) < 4.78 is 19.9. The molecule has 0 saturated heterocycles. The third kappa shape index (κ3) is 3.95. The molecule has 140 valence electrons. The zero-order chi connectivity index (χ0) is 19.8. The first-order valence-corrected chi connectivity index (χ1v) is 8.99. The van der Waals surface area contributed by atoms with Gasteiger partial charge in [-0.25, -0.2) is 9.18 Å². The number of ether oxygens (including phenoxy) is 1. The van der Waals surface area contributed by atoms with Crippen LogP contribution in [-0.4, -0.2) is 23.1 Å². The zero-order valence-electron chi connectivity index (χ0n) is 16.1. The summed E-state index contributed by atoms with van der Waals surface area (Å²) in [6.07, 6.45) is 0.0590. The molecule has 3 rings (SSSR count). The zero-order valence-corrected chi connectivity index (χ0v) is 16.1. The molecular formula is C22H23FN2O2. The second kappa shape index (κ2) is 7.03. The number of benzene rings is 2. The van der Waals surface area contributed by atoms with E-state index in [2.05, 4.69) is 6.07 Å². The van der Waals surface area contributed by atoms with Gasteiger partial charge in [0.25, 0.3) is 0 Å². The molecule has 0 spiro atoms. The van der Waals surface area contributed by atoms with Gasteiger partial charge in [-0.2, -0.15) is 5.26 Å². The normalized spacial score (nSPS) is 13.7. The van der Waals surface area contributed by atoms with Crippen LogP contribution in [0.1, 0.15) is 43.0 Å². The van der Waals surface area contributed by atoms with Crippen molar-refractivity contribution in [3.63, 3.8) is 0 Å². The summed E-state index contributed by atoms with van der Waals surface area (Å²) >= 11 is 0. The number of rotatable bonds is 1. The first-order valence-electron chi connectivity index (χ1n) is 8.99. The number of carbonyl (C=O) groups excluding carboxylic acids is 1. The summed E-state index contributed by atoms with van der Waals surface area (Å²) in [5.41, 5.74) is 4.24. The van der Waals surface area contributed by atoms with Crippen molar-refractivity contribution >= 4 is 6.09 Å². The Bertz CT molecular complexity index is 939. The molecule has 0 saturated carbocycles. The van der Waals surface area contributed by atoms with Crippen LogP contribution in [0, 0.1) is 24.1 Å². The maximum Gasteiger partial charge on any atom is 0.410 e. The summed E-state index contributed by atoms with van der Waals surface area (Å²) in [6, 6.07) is 10.8. The van der Waals surface area contributed by atoms with Crippen LogP contribution in [0.2, 0.25) is 0 Å². The van der Waals surface area contributed by atoms with Crippen LogP contribution in [0.3, 0.4) is 0 Å². The number of amides is 1. The molecule has 0 atom stereocenters. The molecule has 1 amide bonds. The average Bonchev–Trinajstić information content (AvgIpc) is 2.60. The minimum absolute atomic E-state index is 0.246. The predicted molar refractivity (Wildman–Crippen MR) is 102 cm³/mol. The van der Waals surface area contributed by atoms with E-state index < -0.39 is 5.60 Å². The van der Waals surface area contributed by atoms with Crippen molar-refractivity contribution in [2.75, 3.05) is 6.54 Å². The number of aryl methyl sites for hydroxylation is 1. The molecule has 4 nitrogen and oxygen atoms in total. The standard InChI is InChI=1S/C22H23FN2O2/c1-14-11-15(12-24)5-6-16(14)17-7-8-20(23)18-9-10-25(13-19(17)18)21(26)27-22(2,3)4/h5-8,11H,9-10,13H2,1-4H3. The Kier molecular flexibility index (Phi) is 4.93. The van der Waals surface area contributed by atoms with Gasteiger partial charge in [0.15, 0.2) is 0 Å². The smallest absolute Gasteiger partial charge is 0.410 e. The Labute approximate surface area is 159 Å². The average molecular weight is 366 g/mol. The largest absolute Gasteiger partial charge is 0.444 e. The number of fused-ring (bicyclic) bond motifs is 1. The van der Waals surface area contributed by atoms with E-state index in [-0.39, 0.29) is 11.9 Å². The number of nitrogens with zero attached hydrogens (tertiary/aromatic N) is 2. The Morgan fingerprint density at radius 1 is 1.19 bits per heavy atom. The molecule has 0 radical (unpaired) electrons. The topological polar surface area (TPSA) is 53.3 Å². The monoisotopic (exact) mass is 366 g/mol. The van der Waals surface area contributed by atoms with Crippen molar-refractivity contribution in [3.8, 4) is 17.2 Å². The minimum atomic E-state index is -0.578. The highest BCUT2D eigenvalue weighted by atomic mass is 19.1. The molecule has 0 N–H and O–H groups in total. The number of carbonyl (C=O) groups is 1. The number of hydrogen-bond acceptors (Lipinski definition) is 3.